The van der Waals surface area contributed by atoms with E-state index in [1.54, 1.807) is 18.9 Å². The third-order valence-corrected chi connectivity index (χ3v) is 3.44. The molecule has 82 valence electrons. The molecule has 0 saturated carbocycles. The van der Waals surface area contributed by atoms with Gasteiger partial charge in [0.1, 0.15) is 0 Å². The molecule has 2 nitrogen and oxygen atoms in total. The highest BCUT2D eigenvalue weighted by Crippen LogP contribution is 2.26. The van der Waals surface area contributed by atoms with Crippen LogP contribution in [0.1, 0.15) is 24.7 Å². The molecular weight excluding hydrogens is 206 g/mol. The maximum atomic E-state index is 11.2. The monoisotopic (exact) mass is 223 g/mol. The quantitative estimate of drug-likeness (QED) is 0.781. The molecule has 15 heavy (non-hydrogen) atoms. The predicted octanol–water partition coefficient (Wildman–Crippen LogP) is 2.52. The SMILES string of the molecule is CC(=O)N(C)[C@H](C)[C@H](S)c1ccccc1. The third kappa shape index (κ3) is 2.99. The Kier molecular flexibility index (Phi) is 4.21. The van der Waals surface area contributed by atoms with Gasteiger partial charge in [-0.1, -0.05) is 30.3 Å². The molecule has 0 N–H and O–H groups in total. The van der Waals surface area contributed by atoms with Crippen molar-refractivity contribution in [3.05, 3.63) is 35.9 Å². The number of rotatable bonds is 3. The van der Waals surface area contributed by atoms with Crippen molar-refractivity contribution in [1.82, 2.24) is 4.90 Å². The van der Waals surface area contributed by atoms with E-state index < -0.39 is 0 Å². The maximum absolute atomic E-state index is 11.2. The van der Waals surface area contributed by atoms with E-state index in [0.29, 0.717) is 0 Å². The second-order valence-corrected chi connectivity index (χ2v) is 4.28. The van der Waals surface area contributed by atoms with Crippen molar-refractivity contribution in [1.29, 1.82) is 0 Å². The fraction of sp³-hybridized carbons (Fsp3) is 0.417. The summed E-state index contributed by atoms with van der Waals surface area (Å²) < 4.78 is 0. The molecule has 0 bridgehead atoms. The van der Waals surface area contributed by atoms with E-state index in [0.717, 1.165) is 5.56 Å². The van der Waals surface area contributed by atoms with E-state index in [-0.39, 0.29) is 17.2 Å². The Labute approximate surface area is 96.7 Å². The number of hydrogen-bond donors (Lipinski definition) is 1. The number of hydrogen-bond acceptors (Lipinski definition) is 2. The van der Waals surface area contributed by atoms with E-state index in [9.17, 15) is 4.79 Å². The van der Waals surface area contributed by atoms with Crippen LogP contribution in [0, 0.1) is 0 Å². The van der Waals surface area contributed by atoms with Gasteiger partial charge in [0.25, 0.3) is 0 Å². The summed E-state index contributed by atoms with van der Waals surface area (Å²) >= 11 is 4.55. The number of benzene rings is 1. The minimum Gasteiger partial charge on any atom is -0.342 e. The first kappa shape index (κ1) is 12.1. The topological polar surface area (TPSA) is 20.3 Å². The van der Waals surface area contributed by atoms with Gasteiger partial charge in [-0.2, -0.15) is 12.6 Å². The Morgan fingerprint density at radius 1 is 1.33 bits per heavy atom. The molecule has 1 aromatic carbocycles. The average molecular weight is 223 g/mol. The molecule has 1 aromatic rings. The Morgan fingerprint density at radius 3 is 2.33 bits per heavy atom. The molecule has 3 heteroatoms. The lowest BCUT2D eigenvalue weighted by atomic mass is 10.1. The lowest BCUT2D eigenvalue weighted by Gasteiger charge is -2.28. The van der Waals surface area contributed by atoms with Crippen LogP contribution in [0.5, 0.6) is 0 Å². The zero-order valence-electron chi connectivity index (χ0n) is 9.34. The predicted molar refractivity (Wildman–Crippen MR) is 66.1 cm³/mol. The zero-order valence-corrected chi connectivity index (χ0v) is 10.2. The van der Waals surface area contributed by atoms with E-state index in [1.165, 1.54) is 0 Å². The number of amides is 1. The summed E-state index contributed by atoms with van der Waals surface area (Å²) in [6.07, 6.45) is 0. The van der Waals surface area contributed by atoms with Crippen LogP contribution in [0.15, 0.2) is 30.3 Å². The molecule has 0 spiro atoms. The molecule has 1 amide bonds. The number of carbonyl (C=O) groups excluding carboxylic acids is 1. The molecule has 0 aliphatic carbocycles. The Bertz CT molecular complexity index is 326. The van der Waals surface area contributed by atoms with E-state index in [1.807, 2.05) is 37.3 Å². The molecule has 0 heterocycles. The first-order valence-corrected chi connectivity index (χ1v) is 5.52. The van der Waals surface area contributed by atoms with Crippen molar-refractivity contribution in [2.24, 2.45) is 0 Å². The lowest BCUT2D eigenvalue weighted by Crippen LogP contribution is -2.36. The lowest BCUT2D eigenvalue weighted by molar-refractivity contribution is -0.129. The van der Waals surface area contributed by atoms with Crippen LogP contribution >= 0.6 is 12.6 Å². The summed E-state index contributed by atoms with van der Waals surface area (Å²) in [6.45, 7) is 3.58. The average Bonchev–Trinajstić information content (AvgIpc) is 2.27. The molecule has 0 aliphatic rings. The van der Waals surface area contributed by atoms with Gasteiger partial charge in [-0.25, -0.2) is 0 Å². The molecule has 0 aromatic heterocycles. The van der Waals surface area contributed by atoms with Gasteiger partial charge in [-0.3, -0.25) is 4.79 Å². The van der Waals surface area contributed by atoms with Crippen molar-refractivity contribution in [2.45, 2.75) is 25.1 Å². The number of nitrogens with zero attached hydrogens (tertiary/aromatic N) is 1. The highest BCUT2D eigenvalue weighted by molar-refractivity contribution is 7.80. The van der Waals surface area contributed by atoms with Crippen LogP contribution in [0.2, 0.25) is 0 Å². The van der Waals surface area contributed by atoms with Crippen LogP contribution in [0.3, 0.4) is 0 Å². The smallest absolute Gasteiger partial charge is 0.219 e. The molecule has 0 radical (unpaired) electrons. The van der Waals surface area contributed by atoms with E-state index >= 15 is 0 Å². The number of likely N-dealkylation sites (N-methyl/N-ethyl adjacent to an activating group) is 1. The Balaban J connectivity index is 2.77. The Morgan fingerprint density at radius 2 is 1.87 bits per heavy atom. The molecule has 0 saturated heterocycles. The molecule has 1 rings (SSSR count). The third-order valence-electron chi connectivity index (χ3n) is 2.71. The van der Waals surface area contributed by atoms with Crippen molar-refractivity contribution in [3.63, 3.8) is 0 Å². The molecular formula is C12H17NOS. The summed E-state index contributed by atoms with van der Waals surface area (Å²) in [6, 6.07) is 10.1. The van der Waals surface area contributed by atoms with Crippen molar-refractivity contribution < 1.29 is 4.79 Å². The van der Waals surface area contributed by atoms with Crippen molar-refractivity contribution >= 4 is 18.5 Å². The molecule has 0 aliphatic heterocycles. The maximum Gasteiger partial charge on any atom is 0.219 e. The normalized spacial score (nSPS) is 14.4. The van der Waals surface area contributed by atoms with Gasteiger partial charge in [0, 0.05) is 25.3 Å². The largest absolute Gasteiger partial charge is 0.342 e. The van der Waals surface area contributed by atoms with Gasteiger partial charge in [0.15, 0.2) is 0 Å². The van der Waals surface area contributed by atoms with Gasteiger partial charge in [-0.05, 0) is 12.5 Å². The summed E-state index contributed by atoms with van der Waals surface area (Å²) in [7, 11) is 1.80. The van der Waals surface area contributed by atoms with E-state index in [4.69, 9.17) is 0 Å². The van der Waals surface area contributed by atoms with Gasteiger partial charge >= 0.3 is 0 Å². The van der Waals surface area contributed by atoms with E-state index in [2.05, 4.69) is 12.6 Å². The summed E-state index contributed by atoms with van der Waals surface area (Å²) in [4.78, 5) is 12.9. The minimum absolute atomic E-state index is 0.0556. The number of thiol groups is 1. The van der Waals surface area contributed by atoms with Crippen LogP contribution in [-0.2, 0) is 4.79 Å². The zero-order chi connectivity index (χ0) is 11.4. The van der Waals surface area contributed by atoms with Crippen LogP contribution in [0.25, 0.3) is 0 Å². The van der Waals surface area contributed by atoms with Crippen molar-refractivity contribution in [2.75, 3.05) is 7.05 Å². The first-order valence-electron chi connectivity index (χ1n) is 5.00. The summed E-state index contributed by atoms with van der Waals surface area (Å²) in [5, 5.41) is 0.0556. The first-order chi connectivity index (χ1) is 7.04. The molecule has 0 fully saturated rings. The highest BCUT2D eigenvalue weighted by atomic mass is 32.1. The van der Waals surface area contributed by atoms with Crippen LogP contribution < -0.4 is 0 Å². The second kappa shape index (κ2) is 5.21. The minimum atomic E-state index is 0.0556. The van der Waals surface area contributed by atoms with Gasteiger partial charge in [0.05, 0.1) is 0 Å². The fourth-order valence-electron chi connectivity index (χ4n) is 1.43. The summed E-state index contributed by atoms with van der Waals surface area (Å²) in [5.74, 6) is 0.0671. The van der Waals surface area contributed by atoms with Crippen molar-refractivity contribution in [3.8, 4) is 0 Å². The van der Waals surface area contributed by atoms with Gasteiger partial charge in [0.2, 0.25) is 5.91 Å². The summed E-state index contributed by atoms with van der Waals surface area (Å²) in [5.41, 5.74) is 1.14. The highest BCUT2D eigenvalue weighted by Gasteiger charge is 2.20. The van der Waals surface area contributed by atoms with Crippen LogP contribution in [0.4, 0.5) is 0 Å². The molecule has 2 atom stereocenters. The fourth-order valence-corrected chi connectivity index (χ4v) is 1.80. The van der Waals surface area contributed by atoms with Crippen LogP contribution in [-0.4, -0.2) is 23.9 Å². The second-order valence-electron chi connectivity index (χ2n) is 3.73. The Hall–Kier alpha value is -0.960. The molecule has 0 unspecified atom stereocenters. The standard InChI is InChI=1S/C12H17NOS/c1-9(13(3)10(2)14)12(15)11-7-5-4-6-8-11/h4-9,12,15H,1-3H3/t9-,12+/m1/s1. The number of carbonyl (C=O) groups is 1. The van der Waals surface area contributed by atoms with Gasteiger partial charge in [-0.15, -0.1) is 0 Å². The van der Waals surface area contributed by atoms with Gasteiger partial charge < -0.3 is 4.90 Å².